The van der Waals surface area contributed by atoms with E-state index in [1.165, 1.54) is 12.8 Å². The normalized spacial score (nSPS) is 15.3. The molecule has 1 aliphatic rings. The zero-order valence-corrected chi connectivity index (χ0v) is 17.7. The molecule has 5 nitrogen and oxygen atoms in total. The third-order valence-electron chi connectivity index (χ3n) is 4.38. The minimum absolute atomic E-state index is 0.402. The van der Waals surface area contributed by atoms with Crippen molar-refractivity contribution >= 4 is 56.6 Å². The van der Waals surface area contributed by atoms with Gasteiger partial charge in [0.05, 0.1) is 16.8 Å². The van der Waals surface area contributed by atoms with E-state index in [1.54, 1.807) is 26.1 Å². The Kier molecular flexibility index (Phi) is 5.97. The number of benzene rings is 1. The maximum Gasteiger partial charge on any atom is 0.229 e. The SMILES string of the molecule is CC(C)(O)c1cc(Nc2ncc(Cl)c(NC3CCCC3)n2)cc(Cl)c1Br. The molecular formula is C18H21BrCl2N4O. The third-order valence-corrected chi connectivity index (χ3v) is 6.04. The van der Waals surface area contributed by atoms with Crippen LogP contribution in [0.3, 0.4) is 0 Å². The Hall–Kier alpha value is -1.08. The van der Waals surface area contributed by atoms with Gasteiger partial charge in [0.2, 0.25) is 5.95 Å². The molecule has 0 bridgehead atoms. The van der Waals surface area contributed by atoms with Crippen LogP contribution in [0.15, 0.2) is 22.8 Å². The minimum atomic E-state index is -1.05. The molecule has 0 amide bonds. The van der Waals surface area contributed by atoms with Crippen LogP contribution in [0.25, 0.3) is 0 Å². The standard InChI is InChI=1S/C18H21BrCl2N4O/c1-18(2,26)12-7-11(8-13(20)15(12)19)24-17-22-9-14(21)16(25-17)23-10-5-3-4-6-10/h7-10,26H,3-6H2,1-2H3,(H2,22,23,24,25). The van der Waals surface area contributed by atoms with Crippen molar-refractivity contribution in [2.75, 3.05) is 10.6 Å². The summed E-state index contributed by atoms with van der Waals surface area (Å²) in [6, 6.07) is 3.97. The van der Waals surface area contributed by atoms with Crippen molar-refractivity contribution in [2.45, 2.75) is 51.2 Å². The summed E-state index contributed by atoms with van der Waals surface area (Å²) in [7, 11) is 0. The van der Waals surface area contributed by atoms with Gasteiger partial charge in [-0.25, -0.2) is 4.98 Å². The van der Waals surface area contributed by atoms with Gasteiger partial charge in [0.25, 0.3) is 0 Å². The topological polar surface area (TPSA) is 70.1 Å². The number of halogens is 3. The van der Waals surface area contributed by atoms with Crippen LogP contribution in [0.5, 0.6) is 0 Å². The highest BCUT2D eigenvalue weighted by Gasteiger charge is 2.22. The van der Waals surface area contributed by atoms with E-state index in [-0.39, 0.29) is 0 Å². The van der Waals surface area contributed by atoms with Gasteiger partial charge in [-0.2, -0.15) is 4.98 Å². The summed E-state index contributed by atoms with van der Waals surface area (Å²) in [5, 5.41) is 17.9. The molecule has 8 heteroatoms. The van der Waals surface area contributed by atoms with E-state index in [0.717, 1.165) is 12.8 Å². The molecular weight excluding hydrogens is 439 g/mol. The Bertz CT molecular complexity index is 805. The van der Waals surface area contributed by atoms with Gasteiger partial charge in [0.15, 0.2) is 5.82 Å². The Morgan fingerprint density at radius 3 is 2.54 bits per heavy atom. The van der Waals surface area contributed by atoms with Crippen LogP contribution in [0.2, 0.25) is 10.0 Å². The van der Waals surface area contributed by atoms with Crippen LogP contribution < -0.4 is 10.6 Å². The highest BCUT2D eigenvalue weighted by molar-refractivity contribution is 9.10. The van der Waals surface area contributed by atoms with E-state index in [9.17, 15) is 5.11 Å². The van der Waals surface area contributed by atoms with Crippen molar-refractivity contribution in [2.24, 2.45) is 0 Å². The van der Waals surface area contributed by atoms with Gasteiger partial charge in [-0.05, 0) is 54.8 Å². The maximum absolute atomic E-state index is 10.3. The molecule has 1 heterocycles. The predicted molar refractivity (Wildman–Crippen MR) is 111 cm³/mol. The number of aliphatic hydroxyl groups is 1. The van der Waals surface area contributed by atoms with E-state index < -0.39 is 5.60 Å². The maximum atomic E-state index is 10.3. The molecule has 26 heavy (non-hydrogen) atoms. The van der Waals surface area contributed by atoms with Crippen LogP contribution in [-0.4, -0.2) is 21.1 Å². The Morgan fingerprint density at radius 1 is 1.19 bits per heavy atom. The molecule has 3 N–H and O–H groups in total. The molecule has 140 valence electrons. The third kappa shape index (κ3) is 4.60. The fourth-order valence-corrected chi connectivity index (χ4v) is 4.11. The average molecular weight is 460 g/mol. The molecule has 3 rings (SSSR count). The Morgan fingerprint density at radius 2 is 1.88 bits per heavy atom. The predicted octanol–water partition coefficient (Wildman–Crippen LogP) is 5.87. The number of hydrogen-bond donors (Lipinski definition) is 3. The first-order valence-electron chi connectivity index (χ1n) is 8.52. The second kappa shape index (κ2) is 7.89. The zero-order chi connectivity index (χ0) is 18.9. The number of hydrogen-bond acceptors (Lipinski definition) is 5. The molecule has 0 radical (unpaired) electrons. The number of nitrogens with one attached hydrogen (secondary N) is 2. The Labute approximate surface area is 171 Å². The zero-order valence-electron chi connectivity index (χ0n) is 14.6. The van der Waals surface area contributed by atoms with Crippen molar-refractivity contribution in [1.29, 1.82) is 0 Å². The molecule has 0 spiro atoms. The second-order valence-corrected chi connectivity index (χ2v) is 8.63. The van der Waals surface area contributed by atoms with Crippen molar-refractivity contribution in [3.8, 4) is 0 Å². The summed E-state index contributed by atoms with van der Waals surface area (Å²) >= 11 is 15.9. The van der Waals surface area contributed by atoms with Gasteiger partial charge in [-0.1, -0.05) is 36.0 Å². The van der Waals surface area contributed by atoms with E-state index in [1.807, 2.05) is 6.07 Å². The summed E-state index contributed by atoms with van der Waals surface area (Å²) in [5.74, 6) is 1.04. The molecule has 1 aromatic carbocycles. The first kappa shape index (κ1) is 19.7. The van der Waals surface area contributed by atoms with Gasteiger partial charge in [0.1, 0.15) is 5.02 Å². The summed E-state index contributed by atoms with van der Waals surface area (Å²) in [6.45, 7) is 3.41. The number of aromatic nitrogens is 2. The largest absolute Gasteiger partial charge is 0.386 e. The van der Waals surface area contributed by atoms with E-state index >= 15 is 0 Å². The summed E-state index contributed by atoms with van der Waals surface area (Å²) < 4.78 is 0.665. The average Bonchev–Trinajstić information content (AvgIpc) is 3.06. The number of anilines is 3. The summed E-state index contributed by atoms with van der Waals surface area (Å²) in [5.41, 5.74) is 0.311. The number of rotatable bonds is 5. The summed E-state index contributed by atoms with van der Waals surface area (Å²) in [4.78, 5) is 8.73. The second-order valence-electron chi connectivity index (χ2n) is 7.02. The molecule has 1 fully saturated rings. The van der Waals surface area contributed by atoms with Gasteiger partial charge < -0.3 is 15.7 Å². The minimum Gasteiger partial charge on any atom is -0.386 e. The van der Waals surface area contributed by atoms with Crippen LogP contribution in [-0.2, 0) is 5.60 Å². The smallest absolute Gasteiger partial charge is 0.229 e. The number of nitrogens with zero attached hydrogens (tertiary/aromatic N) is 2. The van der Waals surface area contributed by atoms with Crippen LogP contribution in [0.4, 0.5) is 17.5 Å². The van der Waals surface area contributed by atoms with E-state index in [2.05, 4.69) is 36.5 Å². The fraction of sp³-hybridized carbons (Fsp3) is 0.444. The molecule has 2 aromatic rings. The first-order chi connectivity index (χ1) is 12.2. The first-order valence-corrected chi connectivity index (χ1v) is 10.1. The van der Waals surface area contributed by atoms with Crippen LogP contribution >= 0.6 is 39.1 Å². The van der Waals surface area contributed by atoms with Gasteiger partial charge >= 0.3 is 0 Å². The monoisotopic (exact) mass is 458 g/mol. The van der Waals surface area contributed by atoms with Crippen molar-refractivity contribution in [3.05, 3.63) is 38.4 Å². The van der Waals surface area contributed by atoms with Crippen molar-refractivity contribution in [1.82, 2.24) is 9.97 Å². The summed E-state index contributed by atoms with van der Waals surface area (Å²) in [6.07, 6.45) is 6.28. The van der Waals surface area contributed by atoms with Gasteiger partial charge in [0, 0.05) is 21.8 Å². The Balaban J connectivity index is 1.86. The molecule has 1 saturated carbocycles. The molecule has 0 aliphatic heterocycles. The van der Waals surface area contributed by atoms with Crippen molar-refractivity contribution in [3.63, 3.8) is 0 Å². The lowest BCUT2D eigenvalue weighted by atomic mass is 9.98. The van der Waals surface area contributed by atoms with Gasteiger partial charge in [-0.15, -0.1) is 0 Å². The molecule has 0 unspecified atom stereocenters. The molecule has 1 aliphatic carbocycles. The lowest BCUT2D eigenvalue weighted by Gasteiger charge is -2.21. The quantitative estimate of drug-likeness (QED) is 0.521. The molecule has 0 atom stereocenters. The fourth-order valence-electron chi connectivity index (χ4n) is 3.03. The lowest BCUT2D eigenvalue weighted by molar-refractivity contribution is 0.0779. The highest BCUT2D eigenvalue weighted by Crippen LogP contribution is 2.37. The van der Waals surface area contributed by atoms with Crippen molar-refractivity contribution < 1.29 is 5.11 Å². The highest BCUT2D eigenvalue weighted by atomic mass is 79.9. The van der Waals surface area contributed by atoms with E-state index in [0.29, 0.717) is 43.6 Å². The van der Waals surface area contributed by atoms with Crippen LogP contribution in [0, 0.1) is 0 Å². The lowest BCUT2D eigenvalue weighted by Crippen LogP contribution is -2.17. The van der Waals surface area contributed by atoms with Crippen LogP contribution in [0.1, 0.15) is 45.1 Å². The molecule has 0 saturated heterocycles. The van der Waals surface area contributed by atoms with Gasteiger partial charge in [-0.3, -0.25) is 0 Å². The van der Waals surface area contributed by atoms with E-state index in [4.69, 9.17) is 23.2 Å². The molecule has 1 aromatic heterocycles.